The highest BCUT2D eigenvalue weighted by Crippen LogP contribution is 2.03. The van der Waals surface area contributed by atoms with Crippen molar-refractivity contribution in [3.05, 3.63) is 0 Å². The maximum absolute atomic E-state index is 11.8. The maximum atomic E-state index is 11.8. The topological polar surface area (TPSA) is 136 Å². The van der Waals surface area contributed by atoms with Crippen molar-refractivity contribution in [1.29, 1.82) is 0 Å². The van der Waals surface area contributed by atoms with E-state index in [1.54, 1.807) is 0 Å². The maximum Gasteiger partial charge on any atom is 0.237 e. The van der Waals surface area contributed by atoms with E-state index in [0.717, 1.165) is 6.29 Å². The average Bonchev–Trinajstić information content (AvgIpc) is 2.32. The molecule has 0 heterocycles. The molecule has 0 aliphatic rings. The second-order valence-electron chi connectivity index (χ2n) is 5.11. The van der Waals surface area contributed by atoms with Gasteiger partial charge >= 0.3 is 0 Å². The Morgan fingerprint density at radius 2 is 1.89 bits per heavy atom. The minimum Gasteiger partial charge on any atom is -0.345 e. The minimum atomic E-state index is -0.620. The lowest BCUT2D eigenvalue weighted by atomic mass is 10.0. The molecule has 0 aromatic carbocycles. The summed E-state index contributed by atoms with van der Waals surface area (Å²) < 4.78 is 0. The molecule has 0 unspecified atom stereocenters. The largest absolute Gasteiger partial charge is 0.345 e. The van der Waals surface area contributed by atoms with Gasteiger partial charge in [-0.1, -0.05) is 13.8 Å². The van der Waals surface area contributed by atoms with E-state index < -0.39 is 18.4 Å². The highest BCUT2D eigenvalue weighted by molar-refractivity contribution is 5.84. The molecular weight excluding hydrogens is 246 g/mol. The van der Waals surface area contributed by atoms with Crippen LogP contribution in [-0.2, 0) is 9.59 Å². The Kier molecular flexibility index (Phi) is 9.32. The highest BCUT2D eigenvalue weighted by Gasteiger charge is 2.18. The number of carbonyl (C=O) groups is 2. The van der Waals surface area contributed by atoms with Gasteiger partial charge in [-0.05, 0) is 31.7 Å². The van der Waals surface area contributed by atoms with E-state index in [9.17, 15) is 9.59 Å². The molecule has 7 heteroatoms. The van der Waals surface area contributed by atoms with Gasteiger partial charge in [-0.15, -0.1) is 0 Å². The minimum absolute atomic E-state index is 0.296. The van der Waals surface area contributed by atoms with E-state index in [-0.39, 0.29) is 5.91 Å². The average molecular weight is 273 g/mol. The van der Waals surface area contributed by atoms with Gasteiger partial charge in [-0.2, -0.15) is 0 Å². The summed E-state index contributed by atoms with van der Waals surface area (Å²) in [7, 11) is 0. The standard InChI is InChI=1S/C12H27N5O2/c1-8(2)6-9(7-18)17-11(19)10(13)4-3-5-16-12(14)15/h7-10,12,16H,3-6,13-15H2,1-2H3,(H,17,19)/t9-,10-/m0/s1. The number of nitrogens with one attached hydrogen (secondary N) is 2. The Morgan fingerprint density at radius 1 is 1.26 bits per heavy atom. The number of carbonyl (C=O) groups excluding carboxylic acids is 2. The predicted molar refractivity (Wildman–Crippen MR) is 74.8 cm³/mol. The molecule has 0 aromatic heterocycles. The molecule has 0 rings (SSSR count). The Morgan fingerprint density at radius 3 is 2.37 bits per heavy atom. The van der Waals surface area contributed by atoms with Gasteiger partial charge in [-0.25, -0.2) is 0 Å². The molecule has 0 aliphatic heterocycles. The molecular formula is C12H27N5O2. The second-order valence-corrected chi connectivity index (χ2v) is 5.11. The predicted octanol–water partition coefficient (Wildman–Crippen LogP) is -1.39. The van der Waals surface area contributed by atoms with Crippen LogP contribution < -0.4 is 27.8 Å². The van der Waals surface area contributed by atoms with Crippen LogP contribution in [0.25, 0.3) is 0 Å². The first kappa shape index (κ1) is 18.0. The van der Waals surface area contributed by atoms with E-state index in [1.807, 2.05) is 13.8 Å². The van der Waals surface area contributed by atoms with E-state index in [0.29, 0.717) is 31.7 Å². The summed E-state index contributed by atoms with van der Waals surface area (Å²) >= 11 is 0. The van der Waals surface area contributed by atoms with Crippen molar-refractivity contribution in [1.82, 2.24) is 10.6 Å². The van der Waals surface area contributed by atoms with Gasteiger partial charge in [0.25, 0.3) is 0 Å². The van der Waals surface area contributed by atoms with Crippen LogP contribution in [0.1, 0.15) is 33.1 Å². The van der Waals surface area contributed by atoms with Gasteiger partial charge in [0.15, 0.2) is 0 Å². The number of hydrogen-bond acceptors (Lipinski definition) is 6. The summed E-state index contributed by atoms with van der Waals surface area (Å²) in [6, 6.07) is -1.08. The van der Waals surface area contributed by atoms with Crippen molar-refractivity contribution in [2.75, 3.05) is 6.54 Å². The zero-order valence-corrected chi connectivity index (χ0v) is 11.8. The molecule has 0 bridgehead atoms. The summed E-state index contributed by atoms with van der Waals surface area (Å²) in [5.41, 5.74) is 16.4. The third-order valence-electron chi connectivity index (χ3n) is 2.63. The Balaban J connectivity index is 3.94. The molecule has 0 spiro atoms. The summed E-state index contributed by atoms with van der Waals surface area (Å²) in [5.74, 6) is 0.0387. The van der Waals surface area contributed by atoms with Gasteiger partial charge in [0.1, 0.15) is 12.6 Å². The van der Waals surface area contributed by atoms with E-state index in [2.05, 4.69) is 10.6 Å². The Bertz CT molecular complexity index is 271. The van der Waals surface area contributed by atoms with E-state index in [1.165, 1.54) is 0 Å². The zero-order valence-electron chi connectivity index (χ0n) is 11.8. The van der Waals surface area contributed by atoms with Gasteiger partial charge in [0.05, 0.1) is 12.1 Å². The van der Waals surface area contributed by atoms with Crippen molar-refractivity contribution in [3.63, 3.8) is 0 Å². The SMILES string of the molecule is CC(C)C[C@@H](C=O)NC(=O)[C@@H](N)CCCNC(N)N. The van der Waals surface area contributed by atoms with Crippen LogP contribution in [0.3, 0.4) is 0 Å². The fraction of sp³-hybridized carbons (Fsp3) is 0.833. The van der Waals surface area contributed by atoms with Crippen LogP contribution in [0.4, 0.5) is 0 Å². The van der Waals surface area contributed by atoms with Crippen LogP contribution in [0.2, 0.25) is 0 Å². The lowest BCUT2D eigenvalue weighted by molar-refractivity contribution is -0.125. The summed E-state index contributed by atoms with van der Waals surface area (Å²) in [4.78, 5) is 22.6. The van der Waals surface area contributed by atoms with Crippen molar-refractivity contribution in [2.24, 2.45) is 23.1 Å². The molecule has 0 aliphatic carbocycles. The number of rotatable bonds is 10. The highest BCUT2D eigenvalue weighted by atomic mass is 16.2. The Labute approximate surface area is 114 Å². The zero-order chi connectivity index (χ0) is 14.8. The molecule has 0 radical (unpaired) electrons. The third kappa shape index (κ3) is 9.54. The molecule has 1 amide bonds. The molecule has 7 nitrogen and oxygen atoms in total. The first-order chi connectivity index (χ1) is 8.86. The summed E-state index contributed by atoms with van der Waals surface area (Å²) in [6.45, 7) is 4.58. The van der Waals surface area contributed by atoms with Crippen LogP contribution in [0, 0.1) is 5.92 Å². The molecule has 2 atom stereocenters. The van der Waals surface area contributed by atoms with Crippen molar-refractivity contribution >= 4 is 12.2 Å². The fourth-order valence-electron chi connectivity index (χ4n) is 1.67. The smallest absolute Gasteiger partial charge is 0.237 e. The van der Waals surface area contributed by atoms with Crippen molar-refractivity contribution in [2.45, 2.75) is 51.5 Å². The summed E-state index contributed by atoms with van der Waals surface area (Å²) in [6.07, 6.45) is 2.01. The molecule has 8 N–H and O–H groups in total. The quantitative estimate of drug-likeness (QED) is 0.189. The molecule has 112 valence electrons. The lowest BCUT2D eigenvalue weighted by Crippen LogP contribution is -2.47. The molecule has 0 aromatic rings. The fourth-order valence-corrected chi connectivity index (χ4v) is 1.67. The number of amides is 1. The van der Waals surface area contributed by atoms with Crippen molar-refractivity contribution in [3.8, 4) is 0 Å². The molecule has 0 saturated heterocycles. The number of hydrogen-bond donors (Lipinski definition) is 5. The third-order valence-corrected chi connectivity index (χ3v) is 2.63. The van der Waals surface area contributed by atoms with Crippen LogP contribution >= 0.6 is 0 Å². The molecule has 19 heavy (non-hydrogen) atoms. The first-order valence-electron chi connectivity index (χ1n) is 6.62. The second kappa shape index (κ2) is 9.85. The summed E-state index contributed by atoms with van der Waals surface area (Å²) in [5, 5.41) is 5.48. The van der Waals surface area contributed by atoms with Crippen LogP contribution in [-0.4, -0.2) is 37.1 Å². The van der Waals surface area contributed by atoms with Gasteiger partial charge in [-0.3, -0.25) is 10.1 Å². The lowest BCUT2D eigenvalue weighted by Gasteiger charge is -2.18. The van der Waals surface area contributed by atoms with Crippen LogP contribution in [0.15, 0.2) is 0 Å². The monoisotopic (exact) mass is 273 g/mol. The number of nitrogens with two attached hydrogens (primary N) is 3. The van der Waals surface area contributed by atoms with Gasteiger partial charge in [0, 0.05) is 0 Å². The first-order valence-corrected chi connectivity index (χ1v) is 6.62. The molecule has 0 fully saturated rings. The van der Waals surface area contributed by atoms with Gasteiger partial charge < -0.3 is 27.3 Å². The Hall–Kier alpha value is -1.02. The van der Waals surface area contributed by atoms with Gasteiger partial charge in [0.2, 0.25) is 5.91 Å². The van der Waals surface area contributed by atoms with Crippen molar-refractivity contribution < 1.29 is 9.59 Å². The van der Waals surface area contributed by atoms with E-state index >= 15 is 0 Å². The van der Waals surface area contributed by atoms with E-state index in [4.69, 9.17) is 17.2 Å². The number of aldehydes is 1. The molecule has 0 saturated carbocycles. The normalized spacial score (nSPS) is 14.5. The van der Waals surface area contributed by atoms with Crippen LogP contribution in [0.5, 0.6) is 0 Å².